The van der Waals surface area contributed by atoms with Crippen molar-refractivity contribution in [1.82, 2.24) is 9.97 Å². The number of nitrogens with zero attached hydrogens (tertiary/aromatic N) is 2. The molecule has 2 rings (SSSR count). The average molecular weight is 384 g/mol. The van der Waals surface area contributed by atoms with E-state index in [2.05, 4.69) is 14.7 Å². The Kier molecular flexibility index (Phi) is 6.31. The van der Waals surface area contributed by atoms with E-state index in [0.29, 0.717) is 11.3 Å². The van der Waals surface area contributed by atoms with Gasteiger partial charge in [-0.15, -0.1) is 0 Å². The first-order chi connectivity index (χ1) is 13.3. The Morgan fingerprint density at radius 3 is 1.75 bits per heavy atom. The molecule has 0 amide bonds. The van der Waals surface area contributed by atoms with Crippen LogP contribution in [0.25, 0.3) is 23.5 Å². The molecular weight excluding hydrogens is 372 g/mol. The van der Waals surface area contributed by atoms with Crippen molar-refractivity contribution >= 4 is 36.5 Å². The largest absolute Gasteiger partial charge is 0.477 e. The number of carboxylic acids is 3. The summed E-state index contributed by atoms with van der Waals surface area (Å²) < 4.78 is 4.39. The molecule has 0 fully saturated rings. The first kappa shape index (κ1) is 20.0. The predicted octanol–water partition coefficient (Wildman–Crippen LogP) is 1.29. The summed E-state index contributed by atoms with van der Waals surface area (Å²) in [5.74, 6) is -5.21. The van der Waals surface area contributed by atoms with Gasteiger partial charge < -0.3 is 20.1 Å². The number of hydrogen-bond acceptors (Lipinski definition) is 7. The molecule has 0 spiro atoms. The van der Waals surface area contributed by atoms with Crippen molar-refractivity contribution in [3.63, 3.8) is 0 Å². The lowest BCUT2D eigenvalue weighted by molar-refractivity contribution is -0.141. The zero-order chi connectivity index (χ0) is 20.7. The van der Waals surface area contributed by atoms with Gasteiger partial charge >= 0.3 is 17.9 Å². The van der Waals surface area contributed by atoms with Gasteiger partial charge in [-0.2, -0.15) is 0 Å². The molecule has 0 saturated heterocycles. The minimum atomic E-state index is -1.59. The van der Waals surface area contributed by atoms with Crippen LogP contribution >= 0.6 is 0 Å². The highest BCUT2D eigenvalue weighted by atomic mass is 16.5. The SMILES string of the molecule is O=CO/C(=C/c1ccnc(-c2cc(C=C(C(=O)O)C(=O)O)ccn2)c1)C(=O)O. The second-order valence-corrected chi connectivity index (χ2v) is 5.14. The second kappa shape index (κ2) is 8.85. The van der Waals surface area contributed by atoms with E-state index in [0.717, 1.165) is 12.2 Å². The van der Waals surface area contributed by atoms with Gasteiger partial charge in [0.25, 0.3) is 6.47 Å². The van der Waals surface area contributed by atoms with Crippen LogP contribution in [0.1, 0.15) is 11.1 Å². The maximum Gasteiger partial charge on any atom is 0.371 e. The first-order valence-corrected chi connectivity index (χ1v) is 7.48. The Labute approximate surface area is 157 Å². The molecule has 0 unspecified atom stereocenters. The molecule has 0 aliphatic carbocycles. The number of aliphatic carboxylic acids is 3. The fraction of sp³-hybridized carbons (Fsp3) is 0. The zero-order valence-corrected chi connectivity index (χ0v) is 14.0. The van der Waals surface area contributed by atoms with Crippen LogP contribution in [0.15, 0.2) is 48.0 Å². The van der Waals surface area contributed by atoms with E-state index in [-0.39, 0.29) is 17.7 Å². The van der Waals surface area contributed by atoms with Gasteiger partial charge in [-0.1, -0.05) is 0 Å². The number of hydrogen-bond donors (Lipinski definition) is 3. The summed E-state index contributed by atoms with van der Waals surface area (Å²) in [5, 5.41) is 26.8. The van der Waals surface area contributed by atoms with Crippen molar-refractivity contribution in [3.8, 4) is 11.4 Å². The monoisotopic (exact) mass is 384 g/mol. The highest BCUT2D eigenvalue weighted by Crippen LogP contribution is 2.19. The second-order valence-electron chi connectivity index (χ2n) is 5.14. The minimum Gasteiger partial charge on any atom is -0.477 e. The number of rotatable bonds is 8. The number of carboxylic acid groups (broad SMARTS) is 3. The van der Waals surface area contributed by atoms with E-state index in [1.807, 2.05) is 0 Å². The molecule has 0 atom stereocenters. The van der Waals surface area contributed by atoms with Gasteiger partial charge in [0.05, 0.1) is 11.4 Å². The Morgan fingerprint density at radius 2 is 1.32 bits per heavy atom. The van der Waals surface area contributed by atoms with Crippen molar-refractivity contribution in [2.24, 2.45) is 0 Å². The third-order valence-corrected chi connectivity index (χ3v) is 3.29. The molecule has 0 bridgehead atoms. The third-order valence-electron chi connectivity index (χ3n) is 3.29. The molecule has 10 nitrogen and oxygen atoms in total. The van der Waals surface area contributed by atoms with E-state index in [4.69, 9.17) is 15.3 Å². The van der Waals surface area contributed by atoms with Gasteiger partial charge in [-0.3, -0.25) is 14.8 Å². The number of carbonyl (C=O) groups excluding carboxylic acids is 1. The summed E-state index contributed by atoms with van der Waals surface area (Å²) in [7, 11) is 0. The van der Waals surface area contributed by atoms with Crippen molar-refractivity contribution in [1.29, 1.82) is 0 Å². The highest BCUT2D eigenvalue weighted by Gasteiger charge is 2.16. The zero-order valence-electron chi connectivity index (χ0n) is 14.0. The number of pyridine rings is 2. The number of aromatic nitrogens is 2. The standard InChI is InChI=1S/C18H12N2O8/c21-9-28-15(18(26)27)8-11-2-4-20-14(7-11)13-6-10(1-3-19-13)5-12(16(22)23)17(24)25/h1-9H,(H,22,23)(H,24,25)(H,26,27)/b15-8+. The smallest absolute Gasteiger partial charge is 0.371 e. The lowest BCUT2D eigenvalue weighted by atomic mass is 10.1. The molecule has 2 aromatic heterocycles. The molecule has 142 valence electrons. The molecule has 28 heavy (non-hydrogen) atoms. The van der Waals surface area contributed by atoms with Gasteiger partial charge in [0.1, 0.15) is 5.57 Å². The fourth-order valence-corrected chi connectivity index (χ4v) is 2.08. The van der Waals surface area contributed by atoms with E-state index >= 15 is 0 Å². The van der Waals surface area contributed by atoms with E-state index in [1.165, 1.54) is 36.7 Å². The van der Waals surface area contributed by atoms with E-state index in [9.17, 15) is 19.2 Å². The van der Waals surface area contributed by atoms with Crippen LogP contribution < -0.4 is 0 Å². The minimum absolute atomic E-state index is 0.0120. The maximum atomic E-state index is 11.0. The molecular formula is C18H12N2O8. The van der Waals surface area contributed by atoms with Crippen molar-refractivity contribution in [2.45, 2.75) is 0 Å². The average Bonchev–Trinajstić information content (AvgIpc) is 2.65. The molecule has 10 heteroatoms. The molecule has 0 aliphatic heterocycles. The molecule has 0 aliphatic rings. The lowest BCUT2D eigenvalue weighted by Crippen LogP contribution is -2.10. The fourth-order valence-electron chi connectivity index (χ4n) is 2.08. The molecule has 2 aromatic rings. The van der Waals surface area contributed by atoms with Crippen LogP contribution in [-0.2, 0) is 23.9 Å². The van der Waals surface area contributed by atoms with Crippen LogP contribution in [-0.4, -0.2) is 49.7 Å². The predicted molar refractivity (Wildman–Crippen MR) is 93.5 cm³/mol. The van der Waals surface area contributed by atoms with E-state index in [1.54, 1.807) is 0 Å². The summed E-state index contributed by atoms with van der Waals surface area (Å²) in [5.41, 5.74) is 0.380. The topological polar surface area (TPSA) is 164 Å². The summed E-state index contributed by atoms with van der Waals surface area (Å²) in [4.78, 5) is 51.6. The van der Waals surface area contributed by atoms with Crippen molar-refractivity contribution in [2.75, 3.05) is 0 Å². The molecule has 0 saturated carbocycles. The van der Waals surface area contributed by atoms with Gasteiger partial charge in [-0.25, -0.2) is 14.4 Å². The molecule has 0 aromatic carbocycles. The third kappa shape index (κ3) is 5.08. The van der Waals surface area contributed by atoms with Crippen LogP contribution in [0.3, 0.4) is 0 Å². The summed E-state index contributed by atoms with van der Waals surface area (Å²) in [6.45, 7) is -0.0120. The molecule has 3 N–H and O–H groups in total. The summed E-state index contributed by atoms with van der Waals surface area (Å²) in [6, 6.07) is 5.76. The molecule has 0 radical (unpaired) electrons. The molecule has 2 heterocycles. The van der Waals surface area contributed by atoms with Gasteiger partial charge in [0.2, 0.25) is 5.76 Å². The van der Waals surface area contributed by atoms with E-state index < -0.39 is 29.2 Å². The maximum absolute atomic E-state index is 11.0. The lowest BCUT2D eigenvalue weighted by Gasteiger charge is -2.04. The van der Waals surface area contributed by atoms with Gasteiger partial charge in [-0.05, 0) is 47.5 Å². The quantitative estimate of drug-likeness (QED) is 0.199. The van der Waals surface area contributed by atoms with Crippen molar-refractivity contribution in [3.05, 3.63) is 59.1 Å². The highest BCUT2D eigenvalue weighted by molar-refractivity contribution is 6.16. The van der Waals surface area contributed by atoms with Crippen LogP contribution in [0.5, 0.6) is 0 Å². The Balaban J connectivity index is 2.44. The Hall–Kier alpha value is -4.34. The van der Waals surface area contributed by atoms with Crippen LogP contribution in [0.2, 0.25) is 0 Å². The summed E-state index contributed by atoms with van der Waals surface area (Å²) >= 11 is 0. The Bertz CT molecular complexity index is 994. The normalized spacial score (nSPS) is 10.6. The van der Waals surface area contributed by atoms with Crippen LogP contribution in [0.4, 0.5) is 0 Å². The van der Waals surface area contributed by atoms with Gasteiger partial charge in [0.15, 0.2) is 0 Å². The van der Waals surface area contributed by atoms with Crippen molar-refractivity contribution < 1.29 is 39.2 Å². The van der Waals surface area contributed by atoms with Gasteiger partial charge in [0, 0.05) is 12.4 Å². The summed E-state index contributed by atoms with van der Waals surface area (Å²) in [6.07, 6.45) is 4.79. The Morgan fingerprint density at radius 1 is 0.821 bits per heavy atom. The first-order valence-electron chi connectivity index (χ1n) is 7.48. The number of carbonyl (C=O) groups is 4. The van der Waals surface area contributed by atoms with Crippen LogP contribution in [0, 0.1) is 0 Å². The number of ether oxygens (including phenoxy) is 1.